The number of ether oxygens (including phenoxy) is 1. The average molecular weight is 346 g/mol. The number of hydrogen-bond donors (Lipinski definition) is 2. The van der Waals surface area contributed by atoms with Gasteiger partial charge in [0.1, 0.15) is 5.75 Å². The Hall–Kier alpha value is -3.27. The maximum atomic E-state index is 12.0. The molecule has 4 nitrogen and oxygen atoms in total. The molecule has 0 saturated heterocycles. The van der Waals surface area contributed by atoms with E-state index in [1.54, 1.807) is 7.11 Å². The minimum atomic E-state index is -0.220. The van der Waals surface area contributed by atoms with Gasteiger partial charge in [-0.3, -0.25) is 0 Å². The molecule has 0 fully saturated rings. The second-order valence-corrected chi connectivity index (χ2v) is 6.06. The molecule has 0 aliphatic carbocycles. The number of carbonyl (C=O) groups is 1. The number of urea groups is 1. The van der Waals surface area contributed by atoms with Crippen molar-refractivity contribution >= 4 is 11.7 Å². The second kappa shape index (κ2) is 8.21. The summed E-state index contributed by atoms with van der Waals surface area (Å²) in [6.45, 7) is 2.52. The summed E-state index contributed by atoms with van der Waals surface area (Å²) in [7, 11) is 1.67. The lowest BCUT2D eigenvalue weighted by molar-refractivity contribution is 0.251. The third-order valence-electron chi connectivity index (χ3n) is 4.17. The lowest BCUT2D eigenvalue weighted by atomic mass is 10.0. The number of carbonyl (C=O) groups excluding carboxylic acids is 1. The van der Waals surface area contributed by atoms with Crippen molar-refractivity contribution in [2.24, 2.45) is 0 Å². The first-order valence-electron chi connectivity index (χ1n) is 8.49. The number of aryl methyl sites for hydroxylation is 1. The van der Waals surface area contributed by atoms with Gasteiger partial charge < -0.3 is 15.4 Å². The van der Waals surface area contributed by atoms with Crippen molar-refractivity contribution < 1.29 is 9.53 Å². The molecule has 3 rings (SSSR count). The fourth-order valence-corrected chi connectivity index (χ4v) is 2.76. The molecule has 0 spiro atoms. The lowest BCUT2D eigenvalue weighted by Crippen LogP contribution is -2.28. The molecule has 0 heterocycles. The number of benzene rings is 3. The Bertz CT molecular complexity index is 874. The largest absolute Gasteiger partial charge is 0.496 e. The predicted octanol–water partition coefficient (Wildman–Crippen LogP) is 4.99. The molecule has 4 heteroatoms. The van der Waals surface area contributed by atoms with E-state index in [2.05, 4.69) is 16.7 Å². The first-order valence-corrected chi connectivity index (χ1v) is 8.49. The molecule has 132 valence electrons. The van der Waals surface area contributed by atoms with Crippen molar-refractivity contribution in [3.63, 3.8) is 0 Å². The van der Waals surface area contributed by atoms with E-state index in [1.165, 1.54) is 0 Å². The van der Waals surface area contributed by atoms with E-state index in [0.717, 1.165) is 33.7 Å². The summed E-state index contributed by atoms with van der Waals surface area (Å²) in [6, 6.07) is 23.5. The molecule has 26 heavy (non-hydrogen) atoms. The topological polar surface area (TPSA) is 50.4 Å². The average Bonchev–Trinajstić information content (AvgIpc) is 2.68. The van der Waals surface area contributed by atoms with Crippen LogP contribution in [0, 0.1) is 6.92 Å². The molecule has 0 radical (unpaired) electrons. The highest BCUT2D eigenvalue weighted by atomic mass is 16.5. The molecule has 0 saturated carbocycles. The van der Waals surface area contributed by atoms with Gasteiger partial charge in [-0.2, -0.15) is 0 Å². The number of hydrogen-bond acceptors (Lipinski definition) is 2. The van der Waals surface area contributed by atoms with Gasteiger partial charge in [0.15, 0.2) is 0 Å². The Morgan fingerprint density at radius 1 is 0.923 bits per heavy atom. The van der Waals surface area contributed by atoms with Gasteiger partial charge in [0.05, 0.1) is 7.11 Å². The van der Waals surface area contributed by atoms with Crippen molar-refractivity contribution in [3.8, 4) is 16.9 Å². The normalized spacial score (nSPS) is 10.2. The van der Waals surface area contributed by atoms with E-state index in [4.69, 9.17) is 4.74 Å². The van der Waals surface area contributed by atoms with Gasteiger partial charge >= 0.3 is 6.03 Å². The molecule has 3 aromatic carbocycles. The summed E-state index contributed by atoms with van der Waals surface area (Å²) >= 11 is 0. The monoisotopic (exact) mass is 346 g/mol. The summed E-state index contributed by atoms with van der Waals surface area (Å²) in [5.41, 5.74) is 5.11. The molecular weight excluding hydrogens is 324 g/mol. The smallest absolute Gasteiger partial charge is 0.319 e. The summed E-state index contributed by atoms with van der Waals surface area (Å²) < 4.78 is 5.30. The molecule has 0 bridgehead atoms. The summed E-state index contributed by atoms with van der Waals surface area (Å²) in [6.07, 6.45) is 0. The van der Waals surface area contributed by atoms with E-state index in [-0.39, 0.29) is 6.03 Å². The first kappa shape index (κ1) is 17.5. The number of anilines is 1. The summed E-state index contributed by atoms with van der Waals surface area (Å²) in [5, 5.41) is 5.70. The van der Waals surface area contributed by atoms with Crippen LogP contribution in [0.3, 0.4) is 0 Å². The Morgan fingerprint density at radius 2 is 1.62 bits per heavy atom. The van der Waals surface area contributed by atoms with Gasteiger partial charge in [0.2, 0.25) is 0 Å². The van der Waals surface area contributed by atoms with Crippen molar-refractivity contribution in [1.82, 2.24) is 5.32 Å². The fraction of sp³-hybridized carbons (Fsp3) is 0.136. The highest BCUT2D eigenvalue weighted by Crippen LogP contribution is 2.26. The Morgan fingerprint density at radius 3 is 2.27 bits per heavy atom. The number of methoxy groups -OCH3 is 1. The first-order chi connectivity index (χ1) is 12.7. The van der Waals surface area contributed by atoms with Crippen LogP contribution in [0.5, 0.6) is 5.75 Å². The summed E-state index contributed by atoms with van der Waals surface area (Å²) in [4.78, 5) is 12.0. The van der Waals surface area contributed by atoms with Crippen LogP contribution in [-0.4, -0.2) is 13.1 Å². The minimum Gasteiger partial charge on any atom is -0.496 e. The van der Waals surface area contributed by atoms with Crippen LogP contribution in [0.4, 0.5) is 10.5 Å². The number of nitrogens with one attached hydrogen (secondary N) is 2. The van der Waals surface area contributed by atoms with Crippen LogP contribution in [0.2, 0.25) is 0 Å². The number of amides is 2. The molecular formula is C22H22N2O2. The van der Waals surface area contributed by atoms with Crippen LogP contribution >= 0.6 is 0 Å². The van der Waals surface area contributed by atoms with Gasteiger partial charge in [-0.1, -0.05) is 48.5 Å². The Balaban J connectivity index is 1.60. The predicted molar refractivity (Wildman–Crippen MR) is 105 cm³/mol. The minimum absolute atomic E-state index is 0.220. The highest BCUT2D eigenvalue weighted by molar-refractivity contribution is 5.89. The molecule has 0 unspecified atom stereocenters. The van der Waals surface area contributed by atoms with Gasteiger partial charge in [-0.15, -0.1) is 0 Å². The van der Waals surface area contributed by atoms with Gasteiger partial charge in [0.25, 0.3) is 0 Å². The number of rotatable bonds is 5. The van der Waals surface area contributed by atoms with E-state index in [0.29, 0.717) is 6.54 Å². The van der Waals surface area contributed by atoms with E-state index in [9.17, 15) is 4.79 Å². The molecule has 0 aromatic heterocycles. The van der Waals surface area contributed by atoms with Crippen LogP contribution in [-0.2, 0) is 6.54 Å². The highest BCUT2D eigenvalue weighted by Gasteiger charge is 2.05. The van der Waals surface area contributed by atoms with Gasteiger partial charge in [-0.25, -0.2) is 4.79 Å². The zero-order valence-electron chi connectivity index (χ0n) is 15.0. The van der Waals surface area contributed by atoms with Crippen LogP contribution < -0.4 is 15.4 Å². The van der Waals surface area contributed by atoms with Crippen LogP contribution in [0.1, 0.15) is 11.1 Å². The summed E-state index contributed by atoms with van der Waals surface area (Å²) in [5.74, 6) is 0.877. The molecule has 0 aliphatic rings. The Labute approximate surface area is 153 Å². The van der Waals surface area contributed by atoms with E-state index in [1.807, 2.05) is 73.7 Å². The van der Waals surface area contributed by atoms with Gasteiger partial charge in [-0.05, 0) is 53.4 Å². The van der Waals surface area contributed by atoms with Crippen molar-refractivity contribution in [2.75, 3.05) is 12.4 Å². The standard InChI is InChI=1S/C22H22N2O2/c1-16-14-19(10-13-21(16)26-2)18-8-11-20(12-9-18)24-22(25)23-15-17-6-4-3-5-7-17/h3-14H,15H2,1-2H3,(H2,23,24,25). The van der Waals surface area contributed by atoms with Crippen molar-refractivity contribution in [2.45, 2.75) is 13.5 Å². The van der Waals surface area contributed by atoms with Gasteiger partial charge in [0, 0.05) is 12.2 Å². The SMILES string of the molecule is COc1ccc(-c2ccc(NC(=O)NCc3ccccc3)cc2)cc1C. The Kier molecular flexibility index (Phi) is 5.54. The van der Waals surface area contributed by atoms with Crippen LogP contribution in [0.15, 0.2) is 72.8 Å². The maximum Gasteiger partial charge on any atom is 0.319 e. The zero-order chi connectivity index (χ0) is 18.4. The van der Waals surface area contributed by atoms with E-state index < -0.39 is 0 Å². The molecule has 3 aromatic rings. The molecule has 0 atom stereocenters. The maximum absolute atomic E-state index is 12.0. The molecule has 2 amide bonds. The van der Waals surface area contributed by atoms with Crippen molar-refractivity contribution in [3.05, 3.63) is 83.9 Å². The van der Waals surface area contributed by atoms with E-state index >= 15 is 0 Å². The third kappa shape index (κ3) is 4.42. The van der Waals surface area contributed by atoms with Crippen molar-refractivity contribution in [1.29, 1.82) is 0 Å². The second-order valence-electron chi connectivity index (χ2n) is 6.06. The lowest BCUT2D eigenvalue weighted by Gasteiger charge is -2.10. The van der Waals surface area contributed by atoms with Crippen LogP contribution in [0.25, 0.3) is 11.1 Å². The third-order valence-corrected chi connectivity index (χ3v) is 4.17. The fourth-order valence-electron chi connectivity index (χ4n) is 2.76. The zero-order valence-corrected chi connectivity index (χ0v) is 15.0. The molecule has 0 aliphatic heterocycles. The quantitative estimate of drug-likeness (QED) is 0.683. The molecule has 2 N–H and O–H groups in total.